The van der Waals surface area contributed by atoms with Crippen molar-refractivity contribution >= 4 is 40.6 Å². The number of halogens is 1. The lowest BCUT2D eigenvalue weighted by Crippen LogP contribution is -2.58. The van der Waals surface area contributed by atoms with Crippen LogP contribution in [0.2, 0.25) is 5.02 Å². The van der Waals surface area contributed by atoms with Gasteiger partial charge < -0.3 is 19.9 Å². The van der Waals surface area contributed by atoms with Gasteiger partial charge >= 0.3 is 6.03 Å². The third-order valence-electron chi connectivity index (χ3n) is 7.15. The van der Waals surface area contributed by atoms with Crippen LogP contribution in [0.5, 0.6) is 5.75 Å². The molecule has 2 aromatic carbocycles. The van der Waals surface area contributed by atoms with E-state index in [2.05, 4.69) is 33.8 Å². The van der Waals surface area contributed by atoms with Gasteiger partial charge in [-0.05, 0) is 66.2 Å². The van der Waals surface area contributed by atoms with E-state index >= 15 is 0 Å². The third kappa shape index (κ3) is 5.61. The molecule has 2 aliphatic rings. The first-order valence-electron chi connectivity index (χ1n) is 12.5. The molecular formula is C28H31ClN4O3S. The molecule has 0 unspecified atom stereocenters. The summed E-state index contributed by atoms with van der Waals surface area (Å²) in [6.07, 6.45) is 0.945. The van der Waals surface area contributed by atoms with E-state index in [9.17, 15) is 9.59 Å². The topological polar surface area (TPSA) is 65.1 Å². The summed E-state index contributed by atoms with van der Waals surface area (Å²) < 4.78 is 5.34. The molecule has 2 aliphatic heterocycles. The van der Waals surface area contributed by atoms with Crippen molar-refractivity contribution in [1.82, 2.24) is 14.7 Å². The smallest absolute Gasteiger partial charge is 0.322 e. The summed E-state index contributed by atoms with van der Waals surface area (Å²) in [4.78, 5) is 33.7. The Morgan fingerprint density at radius 1 is 1.11 bits per heavy atom. The Balaban J connectivity index is 1.24. The number of hydrogen-bond donors (Lipinski definition) is 1. The largest absolute Gasteiger partial charge is 0.497 e. The van der Waals surface area contributed by atoms with Crippen molar-refractivity contribution in [3.63, 3.8) is 0 Å². The second kappa shape index (κ2) is 11.1. The number of nitrogens with one attached hydrogen (secondary N) is 1. The maximum atomic E-state index is 13.5. The standard InChI is InChI=1S/C28H31ClN4O3S/c1-19-17-31(13-14-33(19)28(35)30-22-5-3-4-21(29)16-22)26(34)18-32-12-10-25-24(11-15-37-25)27(32)20-6-8-23(36-2)9-7-20/h3-9,11,15-16,19,27H,10,12-14,17-18H2,1-2H3,(H,30,35)/t19-,27+/m0/s1. The highest BCUT2D eigenvalue weighted by molar-refractivity contribution is 7.10. The van der Waals surface area contributed by atoms with Gasteiger partial charge in [0.25, 0.3) is 0 Å². The zero-order valence-corrected chi connectivity index (χ0v) is 22.6. The number of urea groups is 1. The number of thiophene rings is 1. The van der Waals surface area contributed by atoms with E-state index in [1.165, 1.54) is 10.4 Å². The van der Waals surface area contributed by atoms with Gasteiger partial charge in [-0.1, -0.05) is 29.8 Å². The molecule has 1 N–H and O–H groups in total. The van der Waals surface area contributed by atoms with Crippen molar-refractivity contribution in [2.24, 2.45) is 0 Å². The minimum atomic E-state index is -0.178. The van der Waals surface area contributed by atoms with Crippen molar-refractivity contribution in [3.8, 4) is 5.75 Å². The van der Waals surface area contributed by atoms with E-state index in [-0.39, 0.29) is 24.0 Å². The Morgan fingerprint density at radius 3 is 2.65 bits per heavy atom. The Kier molecular flexibility index (Phi) is 7.69. The molecule has 1 aromatic heterocycles. The molecule has 2 atom stereocenters. The van der Waals surface area contributed by atoms with E-state index in [1.807, 2.05) is 30.0 Å². The molecule has 7 nitrogen and oxygen atoms in total. The first-order chi connectivity index (χ1) is 17.9. The number of benzene rings is 2. The summed E-state index contributed by atoms with van der Waals surface area (Å²) >= 11 is 7.83. The van der Waals surface area contributed by atoms with Crippen LogP contribution in [0.1, 0.15) is 29.0 Å². The average Bonchev–Trinajstić information content (AvgIpc) is 3.37. The first-order valence-corrected chi connectivity index (χ1v) is 13.7. The molecule has 1 fully saturated rings. The maximum Gasteiger partial charge on any atom is 0.322 e. The van der Waals surface area contributed by atoms with Gasteiger partial charge in [0.05, 0.1) is 19.7 Å². The molecule has 37 heavy (non-hydrogen) atoms. The van der Waals surface area contributed by atoms with Crippen LogP contribution in [0, 0.1) is 0 Å². The van der Waals surface area contributed by atoms with Gasteiger partial charge in [0, 0.05) is 47.8 Å². The number of nitrogens with zero attached hydrogens (tertiary/aromatic N) is 3. The first kappa shape index (κ1) is 25.6. The lowest BCUT2D eigenvalue weighted by Gasteiger charge is -2.41. The third-order valence-corrected chi connectivity index (χ3v) is 8.38. The predicted octanol–water partition coefficient (Wildman–Crippen LogP) is 5.12. The Labute approximate surface area is 226 Å². The molecule has 3 aromatic rings. The molecule has 1 saturated heterocycles. The zero-order valence-electron chi connectivity index (χ0n) is 21.0. The van der Waals surface area contributed by atoms with Gasteiger partial charge in [0.1, 0.15) is 5.75 Å². The van der Waals surface area contributed by atoms with Crippen LogP contribution in [0.15, 0.2) is 60.0 Å². The lowest BCUT2D eigenvalue weighted by atomic mass is 9.93. The average molecular weight is 539 g/mol. The molecule has 5 rings (SSSR count). The molecule has 9 heteroatoms. The second-order valence-electron chi connectivity index (χ2n) is 9.52. The van der Waals surface area contributed by atoms with Crippen molar-refractivity contribution < 1.29 is 14.3 Å². The molecular weight excluding hydrogens is 508 g/mol. The maximum absolute atomic E-state index is 13.5. The van der Waals surface area contributed by atoms with E-state index in [1.54, 1.807) is 41.5 Å². The summed E-state index contributed by atoms with van der Waals surface area (Å²) in [7, 11) is 1.67. The van der Waals surface area contributed by atoms with Crippen molar-refractivity contribution in [1.29, 1.82) is 0 Å². The van der Waals surface area contributed by atoms with Crippen LogP contribution in [0.4, 0.5) is 10.5 Å². The van der Waals surface area contributed by atoms with Crippen LogP contribution >= 0.6 is 22.9 Å². The van der Waals surface area contributed by atoms with Gasteiger partial charge in [0.15, 0.2) is 0 Å². The number of carbonyl (C=O) groups is 2. The van der Waals surface area contributed by atoms with E-state index in [0.29, 0.717) is 36.9 Å². The van der Waals surface area contributed by atoms with Crippen LogP contribution in [-0.4, -0.2) is 72.5 Å². The van der Waals surface area contributed by atoms with Crippen LogP contribution < -0.4 is 10.1 Å². The molecule has 3 amide bonds. The molecule has 3 heterocycles. The number of fused-ring (bicyclic) bond motifs is 1. The van der Waals surface area contributed by atoms with Crippen LogP contribution in [0.3, 0.4) is 0 Å². The number of carbonyl (C=O) groups excluding carboxylic acids is 2. The summed E-state index contributed by atoms with van der Waals surface area (Å²) in [5.41, 5.74) is 3.10. The number of amides is 3. The Bertz CT molecular complexity index is 1260. The van der Waals surface area contributed by atoms with Gasteiger partial charge in [-0.3, -0.25) is 9.69 Å². The number of piperazine rings is 1. The lowest BCUT2D eigenvalue weighted by molar-refractivity contribution is -0.135. The van der Waals surface area contributed by atoms with Crippen LogP contribution in [-0.2, 0) is 11.2 Å². The van der Waals surface area contributed by atoms with Gasteiger partial charge in [-0.2, -0.15) is 0 Å². The quantitative estimate of drug-likeness (QED) is 0.489. The fourth-order valence-corrected chi connectivity index (χ4v) is 6.33. The minimum absolute atomic E-state index is 0.0343. The molecule has 0 aliphatic carbocycles. The number of methoxy groups -OCH3 is 1. The monoisotopic (exact) mass is 538 g/mol. The van der Waals surface area contributed by atoms with Gasteiger partial charge in [-0.25, -0.2) is 4.79 Å². The molecule has 0 bridgehead atoms. The van der Waals surface area contributed by atoms with Gasteiger partial charge in [0.2, 0.25) is 5.91 Å². The molecule has 0 spiro atoms. The predicted molar refractivity (Wildman–Crippen MR) is 148 cm³/mol. The zero-order chi connectivity index (χ0) is 25.9. The van der Waals surface area contributed by atoms with Crippen molar-refractivity contribution in [2.45, 2.75) is 25.4 Å². The highest BCUT2D eigenvalue weighted by Crippen LogP contribution is 2.38. The molecule has 0 radical (unpaired) electrons. The normalized spacial score (nSPS) is 19.9. The number of anilines is 1. The van der Waals surface area contributed by atoms with Crippen LogP contribution in [0.25, 0.3) is 0 Å². The fourth-order valence-electron chi connectivity index (χ4n) is 5.24. The van der Waals surface area contributed by atoms with E-state index in [0.717, 1.165) is 24.3 Å². The van der Waals surface area contributed by atoms with Crippen molar-refractivity contribution in [3.05, 3.63) is 81.0 Å². The number of hydrogen-bond acceptors (Lipinski definition) is 5. The summed E-state index contributed by atoms with van der Waals surface area (Å²) in [6.45, 7) is 4.65. The van der Waals surface area contributed by atoms with Crippen molar-refractivity contribution in [2.75, 3.05) is 45.2 Å². The second-order valence-corrected chi connectivity index (χ2v) is 11.0. The summed E-state index contributed by atoms with van der Waals surface area (Å²) in [6, 6.07) is 17.2. The summed E-state index contributed by atoms with van der Waals surface area (Å²) in [5.74, 6) is 0.915. The van der Waals surface area contributed by atoms with Gasteiger partial charge in [-0.15, -0.1) is 11.3 Å². The summed E-state index contributed by atoms with van der Waals surface area (Å²) in [5, 5.41) is 5.63. The SMILES string of the molecule is COc1ccc([C@@H]2c3ccsc3CCN2CC(=O)N2CCN(C(=O)Nc3cccc(Cl)c3)[C@@H](C)C2)cc1. The number of ether oxygens (including phenoxy) is 1. The Hall–Kier alpha value is -3.07. The molecule has 194 valence electrons. The minimum Gasteiger partial charge on any atom is -0.497 e. The molecule has 0 saturated carbocycles. The van der Waals surface area contributed by atoms with E-state index < -0.39 is 0 Å². The van der Waals surface area contributed by atoms with E-state index in [4.69, 9.17) is 16.3 Å². The fraction of sp³-hybridized carbons (Fsp3) is 0.357. The highest BCUT2D eigenvalue weighted by atomic mass is 35.5. The highest BCUT2D eigenvalue weighted by Gasteiger charge is 2.34. The Morgan fingerprint density at radius 2 is 1.92 bits per heavy atom. The number of rotatable bonds is 5.